The van der Waals surface area contributed by atoms with Crippen molar-refractivity contribution in [2.45, 2.75) is 45.1 Å². The third-order valence-electron chi connectivity index (χ3n) is 4.46. The van der Waals surface area contributed by atoms with E-state index < -0.39 is 0 Å². The fourth-order valence-corrected chi connectivity index (χ4v) is 3.05. The van der Waals surface area contributed by atoms with E-state index >= 15 is 0 Å². The van der Waals surface area contributed by atoms with Crippen molar-refractivity contribution in [3.05, 3.63) is 18.2 Å². The molecule has 1 saturated heterocycles. The standard InChI is InChI=1S/C17H24N2O3/c1-13(19-9-5-3-2-4-6-10-19)17(20)18-14-7-8-15-16(11-14)22-12-21-15/h7-8,11,13H,2-6,9-10,12H2,1H3,(H,18,20)/t13-/m0/s1. The Hall–Kier alpha value is -1.75. The minimum Gasteiger partial charge on any atom is -0.454 e. The summed E-state index contributed by atoms with van der Waals surface area (Å²) in [5.41, 5.74) is 0.758. The second-order valence-electron chi connectivity index (χ2n) is 6.04. The predicted octanol–water partition coefficient (Wildman–Crippen LogP) is 3.01. The average Bonchev–Trinajstić information content (AvgIpc) is 2.94. The molecule has 1 aromatic carbocycles. The van der Waals surface area contributed by atoms with Crippen molar-refractivity contribution in [2.75, 3.05) is 25.2 Å². The van der Waals surface area contributed by atoms with Crippen LogP contribution < -0.4 is 14.8 Å². The molecule has 1 amide bonds. The van der Waals surface area contributed by atoms with Crippen LogP contribution in [0.2, 0.25) is 0 Å². The molecule has 22 heavy (non-hydrogen) atoms. The van der Waals surface area contributed by atoms with Crippen molar-refractivity contribution in [1.29, 1.82) is 0 Å². The molecule has 1 atom stereocenters. The topological polar surface area (TPSA) is 50.8 Å². The number of hydrogen-bond donors (Lipinski definition) is 1. The van der Waals surface area contributed by atoms with Gasteiger partial charge in [0.2, 0.25) is 12.7 Å². The highest BCUT2D eigenvalue weighted by atomic mass is 16.7. The number of amides is 1. The normalized spacial score (nSPS) is 20.0. The lowest BCUT2D eigenvalue weighted by Crippen LogP contribution is -2.43. The SMILES string of the molecule is C[C@@H](C(=O)Nc1ccc2c(c1)OCO2)N1CCCCCCC1. The van der Waals surface area contributed by atoms with Crippen LogP contribution in [-0.4, -0.2) is 36.7 Å². The van der Waals surface area contributed by atoms with Crippen molar-refractivity contribution in [2.24, 2.45) is 0 Å². The smallest absolute Gasteiger partial charge is 0.241 e. The highest BCUT2D eigenvalue weighted by Gasteiger charge is 2.22. The first-order chi connectivity index (χ1) is 10.7. The number of rotatable bonds is 3. The Morgan fingerprint density at radius 2 is 1.77 bits per heavy atom. The molecular formula is C17H24N2O3. The van der Waals surface area contributed by atoms with Crippen molar-refractivity contribution >= 4 is 11.6 Å². The molecule has 5 nitrogen and oxygen atoms in total. The van der Waals surface area contributed by atoms with Gasteiger partial charge >= 0.3 is 0 Å². The first kappa shape index (κ1) is 15.2. The van der Waals surface area contributed by atoms with Crippen molar-refractivity contribution < 1.29 is 14.3 Å². The number of carbonyl (C=O) groups excluding carboxylic acids is 1. The van der Waals surface area contributed by atoms with E-state index in [0.717, 1.165) is 24.5 Å². The average molecular weight is 304 g/mol. The second kappa shape index (κ2) is 7.01. The Bertz CT molecular complexity index is 525. The van der Waals surface area contributed by atoms with Crippen molar-refractivity contribution in [3.63, 3.8) is 0 Å². The molecule has 1 fully saturated rings. The van der Waals surface area contributed by atoms with Crippen LogP contribution in [0.25, 0.3) is 0 Å². The van der Waals surface area contributed by atoms with Crippen molar-refractivity contribution in [3.8, 4) is 11.5 Å². The number of likely N-dealkylation sites (tertiary alicyclic amines) is 1. The zero-order chi connectivity index (χ0) is 15.4. The van der Waals surface area contributed by atoms with Gasteiger partial charge in [0.1, 0.15) is 0 Å². The van der Waals surface area contributed by atoms with Gasteiger partial charge in [0.25, 0.3) is 0 Å². The molecular weight excluding hydrogens is 280 g/mol. The summed E-state index contributed by atoms with van der Waals surface area (Å²) in [6.07, 6.45) is 6.23. The summed E-state index contributed by atoms with van der Waals surface area (Å²) in [4.78, 5) is 14.8. The van der Waals surface area contributed by atoms with Crippen LogP contribution in [0.4, 0.5) is 5.69 Å². The van der Waals surface area contributed by atoms with Gasteiger partial charge in [-0.1, -0.05) is 19.3 Å². The fourth-order valence-electron chi connectivity index (χ4n) is 3.05. The summed E-state index contributed by atoms with van der Waals surface area (Å²) < 4.78 is 10.6. The quantitative estimate of drug-likeness (QED) is 0.932. The molecule has 120 valence electrons. The van der Waals surface area contributed by atoms with Gasteiger partial charge in [0.15, 0.2) is 11.5 Å². The summed E-state index contributed by atoms with van der Waals surface area (Å²) in [5, 5.41) is 2.99. The minimum absolute atomic E-state index is 0.0411. The Kier molecular flexibility index (Phi) is 4.83. The molecule has 3 rings (SSSR count). The summed E-state index contributed by atoms with van der Waals surface area (Å²) in [7, 11) is 0. The molecule has 2 aliphatic rings. The molecule has 0 spiro atoms. The van der Waals surface area contributed by atoms with E-state index in [4.69, 9.17) is 9.47 Å². The van der Waals surface area contributed by atoms with E-state index in [1.165, 1.54) is 32.1 Å². The maximum atomic E-state index is 12.5. The van der Waals surface area contributed by atoms with Crippen LogP contribution in [0, 0.1) is 0 Å². The Labute approximate surface area is 131 Å². The van der Waals surface area contributed by atoms with Gasteiger partial charge in [-0.2, -0.15) is 0 Å². The third-order valence-corrected chi connectivity index (χ3v) is 4.46. The lowest BCUT2D eigenvalue weighted by atomic mass is 10.1. The highest BCUT2D eigenvalue weighted by Crippen LogP contribution is 2.34. The van der Waals surface area contributed by atoms with Crippen LogP contribution in [0.5, 0.6) is 11.5 Å². The zero-order valence-electron chi connectivity index (χ0n) is 13.1. The van der Waals surface area contributed by atoms with Crippen LogP contribution in [0.15, 0.2) is 18.2 Å². The zero-order valence-corrected chi connectivity index (χ0v) is 13.1. The molecule has 0 radical (unpaired) electrons. The van der Waals surface area contributed by atoms with Gasteiger partial charge in [-0.05, 0) is 45.0 Å². The molecule has 0 aliphatic carbocycles. The number of fused-ring (bicyclic) bond motifs is 1. The first-order valence-electron chi connectivity index (χ1n) is 8.18. The van der Waals surface area contributed by atoms with Crippen LogP contribution in [0.1, 0.15) is 39.0 Å². The molecule has 5 heteroatoms. The summed E-state index contributed by atoms with van der Waals surface area (Å²) in [6, 6.07) is 5.40. The van der Waals surface area contributed by atoms with E-state index in [1.54, 1.807) is 0 Å². The summed E-state index contributed by atoms with van der Waals surface area (Å²) >= 11 is 0. The van der Waals surface area contributed by atoms with Crippen LogP contribution in [-0.2, 0) is 4.79 Å². The summed E-state index contributed by atoms with van der Waals surface area (Å²) in [6.45, 7) is 4.26. The predicted molar refractivity (Wildman–Crippen MR) is 85.3 cm³/mol. The van der Waals surface area contributed by atoms with Gasteiger partial charge in [-0.15, -0.1) is 0 Å². The summed E-state index contributed by atoms with van der Waals surface area (Å²) in [5.74, 6) is 1.46. The first-order valence-corrected chi connectivity index (χ1v) is 8.18. The lowest BCUT2D eigenvalue weighted by molar-refractivity contribution is -0.120. The Balaban J connectivity index is 1.60. The molecule has 1 N–H and O–H groups in total. The van der Waals surface area contributed by atoms with Crippen LogP contribution in [0.3, 0.4) is 0 Å². The van der Waals surface area contributed by atoms with Gasteiger partial charge in [0.05, 0.1) is 6.04 Å². The molecule has 0 unspecified atom stereocenters. The lowest BCUT2D eigenvalue weighted by Gasteiger charge is -2.29. The Morgan fingerprint density at radius 1 is 1.09 bits per heavy atom. The molecule has 0 aromatic heterocycles. The Morgan fingerprint density at radius 3 is 2.55 bits per heavy atom. The molecule has 2 aliphatic heterocycles. The number of nitrogens with one attached hydrogen (secondary N) is 1. The number of carbonyl (C=O) groups is 1. The number of ether oxygens (including phenoxy) is 2. The van der Waals surface area contributed by atoms with E-state index in [9.17, 15) is 4.79 Å². The van der Waals surface area contributed by atoms with Crippen LogP contribution >= 0.6 is 0 Å². The number of nitrogens with zero attached hydrogens (tertiary/aromatic N) is 1. The van der Waals surface area contributed by atoms with E-state index in [1.807, 2.05) is 25.1 Å². The van der Waals surface area contributed by atoms with Gasteiger partial charge in [-0.25, -0.2) is 0 Å². The van der Waals surface area contributed by atoms with Crippen molar-refractivity contribution in [1.82, 2.24) is 4.90 Å². The molecule has 1 aromatic rings. The molecule has 0 saturated carbocycles. The monoisotopic (exact) mass is 304 g/mol. The molecule has 2 heterocycles. The number of benzene rings is 1. The van der Waals surface area contributed by atoms with Gasteiger partial charge < -0.3 is 14.8 Å². The van der Waals surface area contributed by atoms with E-state index in [-0.39, 0.29) is 18.7 Å². The highest BCUT2D eigenvalue weighted by molar-refractivity contribution is 5.94. The second-order valence-corrected chi connectivity index (χ2v) is 6.04. The number of anilines is 1. The number of hydrogen-bond acceptors (Lipinski definition) is 4. The maximum absolute atomic E-state index is 12.5. The van der Waals surface area contributed by atoms with E-state index in [2.05, 4.69) is 10.2 Å². The van der Waals surface area contributed by atoms with Gasteiger partial charge in [-0.3, -0.25) is 9.69 Å². The van der Waals surface area contributed by atoms with Gasteiger partial charge in [0, 0.05) is 11.8 Å². The maximum Gasteiger partial charge on any atom is 0.241 e. The largest absolute Gasteiger partial charge is 0.454 e. The third kappa shape index (κ3) is 3.53. The molecule has 0 bridgehead atoms. The minimum atomic E-state index is -0.108. The van der Waals surface area contributed by atoms with E-state index in [0.29, 0.717) is 5.75 Å². The fraction of sp³-hybridized carbons (Fsp3) is 0.588.